The summed E-state index contributed by atoms with van der Waals surface area (Å²) in [7, 11) is 0. The van der Waals surface area contributed by atoms with Crippen molar-refractivity contribution in [3.63, 3.8) is 0 Å². The Morgan fingerprint density at radius 2 is 2.21 bits per heavy atom. The summed E-state index contributed by atoms with van der Waals surface area (Å²) < 4.78 is 5.39. The maximum atomic E-state index is 11.6. The predicted octanol–water partition coefficient (Wildman–Crippen LogP) is 1.76. The Labute approximate surface area is 111 Å². The first-order chi connectivity index (χ1) is 8.95. The fourth-order valence-electron chi connectivity index (χ4n) is 1.47. The van der Waals surface area contributed by atoms with E-state index < -0.39 is 12.1 Å². The van der Waals surface area contributed by atoms with E-state index in [0.29, 0.717) is 6.54 Å². The molecule has 1 atom stereocenters. The number of nitrogens with one attached hydrogen (secondary N) is 1. The predicted molar refractivity (Wildman–Crippen MR) is 71.4 cm³/mol. The molecule has 1 aromatic carbocycles. The summed E-state index contributed by atoms with van der Waals surface area (Å²) in [5, 5.41) is 11.7. The summed E-state index contributed by atoms with van der Waals surface area (Å²) >= 11 is 0. The molecule has 1 amide bonds. The lowest BCUT2D eigenvalue weighted by Crippen LogP contribution is -2.36. The first-order valence-electron chi connectivity index (χ1n) is 5.85. The summed E-state index contributed by atoms with van der Waals surface area (Å²) in [5.41, 5.74) is 0.858. The van der Waals surface area contributed by atoms with Crippen molar-refractivity contribution in [3.05, 3.63) is 42.0 Å². The highest BCUT2D eigenvalue weighted by Crippen LogP contribution is 2.21. The average molecular weight is 263 g/mol. The lowest BCUT2D eigenvalue weighted by molar-refractivity contribution is -0.127. The van der Waals surface area contributed by atoms with Crippen molar-refractivity contribution in [3.8, 4) is 5.75 Å². The molecular formula is C14H17NO4. The molecule has 19 heavy (non-hydrogen) atoms. The molecule has 0 saturated heterocycles. The molecule has 0 bridgehead atoms. The third-order valence-corrected chi connectivity index (χ3v) is 2.46. The summed E-state index contributed by atoms with van der Waals surface area (Å²) in [5.74, 6) is -1.23. The molecule has 0 aromatic heterocycles. The van der Waals surface area contributed by atoms with Crippen LogP contribution in [-0.4, -0.2) is 29.6 Å². The summed E-state index contributed by atoms with van der Waals surface area (Å²) in [6.45, 7) is 7.18. The van der Waals surface area contributed by atoms with Gasteiger partial charge in [-0.25, -0.2) is 4.79 Å². The van der Waals surface area contributed by atoms with Crippen molar-refractivity contribution in [1.82, 2.24) is 5.32 Å². The van der Waals surface area contributed by atoms with E-state index in [1.54, 1.807) is 32.1 Å². The fourth-order valence-corrected chi connectivity index (χ4v) is 1.47. The van der Waals surface area contributed by atoms with E-state index in [2.05, 4.69) is 11.9 Å². The third kappa shape index (κ3) is 4.13. The van der Waals surface area contributed by atoms with Crippen molar-refractivity contribution < 1.29 is 19.4 Å². The standard InChI is InChI=1S/C14H17NO4/c1-4-7-15-13(16)10(3)19-12-6-5-9(2)8-11(12)14(17)18/h4-6,8,10H,1,7H2,2-3H3,(H,15,16)(H,17,18)/t10-/m1/s1. The molecule has 0 aliphatic rings. The Morgan fingerprint density at radius 1 is 1.53 bits per heavy atom. The zero-order valence-electron chi connectivity index (χ0n) is 11.0. The molecule has 0 fully saturated rings. The average Bonchev–Trinajstić information content (AvgIpc) is 2.37. The summed E-state index contributed by atoms with van der Waals surface area (Å²) in [6, 6.07) is 4.79. The number of hydrogen-bond donors (Lipinski definition) is 2. The molecule has 0 radical (unpaired) electrons. The fraction of sp³-hybridized carbons (Fsp3) is 0.286. The minimum Gasteiger partial charge on any atom is -0.480 e. The zero-order chi connectivity index (χ0) is 14.4. The topological polar surface area (TPSA) is 75.6 Å². The SMILES string of the molecule is C=CCNC(=O)[C@@H](C)Oc1ccc(C)cc1C(=O)O. The number of ether oxygens (including phenoxy) is 1. The van der Waals surface area contributed by atoms with Gasteiger partial charge in [-0.2, -0.15) is 0 Å². The normalized spacial score (nSPS) is 11.5. The third-order valence-electron chi connectivity index (χ3n) is 2.46. The number of amides is 1. The van der Waals surface area contributed by atoms with Gasteiger partial charge in [-0.15, -0.1) is 6.58 Å². The second-order valence-electron chi connectivity index (χ2n) is 4.10. The van der Waals surface area contributed by atoms with Crippen molar-refractivity contribution >= 4 is 11.9 Å². The Hall–Kier alpha value is -2.30. The van der Waals surface area contributed by atoms with Crippen LogP contribution in [0, 0.1) is 6.92 Å². The lowest BCUT2D eigenvalue weighted by atomic mass is 10.1. The van der Waals surface area contributed by atoms with Crippen LogP contribution in [0.25, 0.3) is 0 Å². The van der Waals surface area contributed by atoms with Crippen molar-refractivity contribution in [2.75, 3.05) is 6.54 Å². The highest BCUT2D eigenvalue weighted by molar-refractivity contribution is 5.91. The van der Waals surface area contributed by atoms with Gasteiger partial charge in [-0.1, -0.05) is 17.7 Å². The van der Waals surface area contributed by atoms with Crippen LogP contribution in [-0.2, 0) is 4.79 Å². The number of aryl methyl sites for hydroxylation is 1. The number of carboxylic acid groups (broad SMARTS) is 1. The van der Waals surface area contributed by atoms with Gasteiger partial charge in [-0.3, -0.25) is 4.79 Å². The Balaban J connectivity index is 2.84. The van der Waals surface area contributed by atoms with Gasteiger partial charge in [0.25, 0.3) is 5.91 Å². The van der Waals surface area contributed by atoms with Crippen LogP contribution >= 0.6 is 0 Å². The van der Waals surface area contributed by atoms with Gasteiger partial charge in [0.15, 0.2) is 6.10 Å². The molecule has 0 unspecified atom stereocenters. The van der Waals surface area contributed by atoms with E-state index in [0.717, 1.165) is 5.56 Å². The molecule has 2 N–H and O–H groups in total. The van der Waals surface area contributed by atoms with E-state index >= 15 is 0 Å². The number of carboxylic acids is 1. The van der Waals surface area contributed by atoms with Crippen molar-refractivity contribution in [2.45, 2.75) is 20.0 Å². The highest BCUT2D eigenvalue weighted by Gasteiger charge is 2.18. The second-order valence-corrected chi connectivity index (χ2v) is 4.10. The largest absolute Gasteiger partial charge is 0.480 e. The molecular weight excluding hydrogens is 246 g/mol. The molecule has 1 aromatic rings. The van der Waals surface area contributed by atoms with Gasteiger partial charge < -0.3 is 15.2 Å². The Bertz CT molecular complexity index is 496. The second kappa shape index (κ2) is 6.58. The molecule has 0 saturated carbocycles. The Morgan fingerprint density at radius 3 is 2.79 bits per heavy atom. The Kier molecular flexibility index (Phi) is 5.11. The molecule has 5 nitrogen and oxygen atoms in total. The minimum atomic E-state index is -1.09. The number of carbonyl (C=O) groups excluding carboxylic acids is 1. The van der Waals surface area contributed by atoms with E-state index in [1.807, 2.05) is 0 Å². The van der Waals surface area contributed by atoms with Gasteiger partial charge in [0, 0.05) is 6.54 Å². The number of aromatic carboxylic acids is 1. The van der Waals surface area contributed by atoms with Crippen LogP contribution in [0.4, 0.5) is 0 Å². The lowest BCUT2D eigenvalue weighted by Gasteiger charge is -2.16. The first kappa shape index (κ1) is 14.8. The summed E-state index contributed by atoms with van der Waals surface area (Å²) in [4.78, 5) is 22.7. The van der Waals surface area contributed by atoms with Crippen LogP contribution in [0.2, 0.25) is 0 Å². The van der Waals surface area contributed by atoms with Gasteiger partial charge in [-0.05, 0) is 26.0 Å². The van der Waals surface area contributed by atoms with Crippen LogP contribution in [0.15, 0.2) is 30.9 Å². The van der Waals surface area contributed by atoms with E-state index in [4.69, 9.17) is 9.84 Å². The molecule has 1 rings (SSSR count). The van der Waals surface area contributed by atoms with Gasteiger partial charge >= 0.3 is 5.97 Å². The monoisotopic (exact) mass is 263 g/mol. The van der Waals surface area contributed by atoms with Crippen LogP contribution in [0.5, 0.6) is 5.75 Å². The van der Waals surface area contributed by atoms with Crippen molar-refractivity contribution in [2.24, 2.45) is 0 Å². The zero-order valence-corrected chi connectivity index (χ0v) is 11.0. The molecule has 5 heteroatoms. The highest BCUT2D eigenvalue weighted by atomic mass is 16.5. The molecule has 0 heterocycles. The quantitative estimate of drug-likeness (QED) is 0.767. The van der Waals surface area contributed by atoms with Crippen LogP contribution in [0.1, 0.15) is 22.8 Å². The molecule has 0 aliphatic carbocycles. The van der Waals surface area contributed by atoms with Crippen LogP contribution < -0.4 is 10.1 Å². The summed E-state index contributed by atoms with van der Waals surface area (Å²) in [6.07, 6.45) is 0.778. The van der Waals surface area contributed by atoms with E-state index in [9.17, 15) is 9.59 Å². The first-order valence-corrected chi connectivity index (χ1v) is 5.85. The van der Waals surface area contributed by atoms with E-state index in [1.165, 1.54) is 6.07 Å². The van der Waals surface area contributed by atoms with E-state index in [-0.39, 0.29) is 17.2 Å². The van der Waals surface area contributed by atoms with Gasteiger partial charge in [0.2, 0.25) is 0 Å². The smallest absolute Gasteiger partial charge is 0.339 e. The maximum absolute atomic E-state index is 11.6. The number of carbonyl (C=O) groups is 2. The van der Waals surface area contributed by atoms with Gasteiger partial charge in [0.1, 0.15) is 11.3 Å². The molecule has 0 aliphatic heterocycles. The number of rotatable bonds is 6. The number of benzene rings is 1. The number of hydrogen-bond acceptors (Lipinski definition) is 3. The molecule has 102 valence electrons. The van der Waals surface area contributed by atoms with Crippen LogP contribution in [0.3, 0.4) is 0 Å². The van der Waals surface area contributed by atoms with Gasteiger partial charge in [0.05, 0.1) is 0 Å². The van der Waals surface area contributed by atoms with Crippen molar-refractivity contribution in [1.29, 1.82) is 0 Å². The molecule has 0 spiro atoms. The maximum Gasteiger partial charge on any atom is 0.339 e. The minimum absolute atomic E-state index is 0.0448.